The molecular formula is C17H22BrClN2O2. The number of aryl methyl sites for hydroxylation is 1. The van der Waals surface area contributed by atoms with E-state index in [1.54, 1.807) is 0 Å². The van der Waals surface area contributed by atoms with Crippen LogP contribution in [0.2, 0.25) is 0 Å². The molecular weight excluding hydrogens is 380 g/mol. The van der Waals surface area contributed by atoms with Gasteiger partial charge in [0.2, 0.25) is 0 Å². The highest BCUT2D eigenvalue weighted by atomic mass is 79.9. The Morgan fingerprint density at radius 1 is 1.48 bits per heavy atom. The zero-order valence-electron chi connectivity index (χ0n) is 13.3. The van der Waals surface area contributed by atoms with Gasteiger partial charge in [-0.1, -0.05) is 15.9 Å². The fourth-order valence-electron chi connectivity index (χ4n) is 3.16. The van der Waals surface area contributed by atoms with Crippen molar-refractivity contribution in [2.24, 2.45) is 11.7 Å². The van der Waals surface area contributed by atoms with Gasteiger partial charge in [-0.15, -0.1) is 12.4 Å². The number of nitrogens with two attached hydrogens (primary N) is 1. The highest BCUT2D eigenvalue weighted by Crippen LogP contribution is 2.30. The van der Waals surface area contributed by atoms with Crippen molar-refractivity contribution in [3.63, 3.8) is 0 Å². The summed E-state index contributed by atoms with van der Waals surface area (Å²) in [5.74, 6) is 0.810. The molecule has 1 fully saturated rings. The van der Waals surface area contributed by atoms with Gasteiger partial charge in [-0.2, -0.15) is 0 Å². The first-order chi connectivity index (χ1) is 10.5. The lowest BCUT2D eigenvalue weighted by molar-refractivity contribution is 0.0630. The lowest BCUT2D eigenvalue weighted by Gasteiger charge is -2.34. The molecule has 1 aliphatic heterocycles. The Morgan fingerprint density at radius 2 is 2.22 bits per heavy atom. The smallest absolute Gasteiger partial charge is 0.289 e. The zero-order chi connectivity index (χ0) is 15.9. The van der Waals surface area contributed by atoms with Gasteiger partial charge < -0.3 is 15.1 Å². The number of nitrogens with zero attached hydrogens (tertiary/aromatic N) is 1. The van der Waals surface area contributed by atoms with Crippen LogP contribution >= 0.6 is 28.3 Å². The first kappa shape index (κ1) is 18.3. The predicted molar refractivity (Wildman–Crippen MR) is 98.2 cm³/mol. The van der Waals surface area contributed by atoms with Gasteiger partial charge in [0.05, 0.1) is 0 Å². The van der Waals surface area contributed by atoms with Gasteiger partial charge in [0, 0.05) is 34.6 Å². The van der Waals surface area contributed by atoms with Crippen molar-refractivity contribution < 1.29 is 9.21 Å². The van der Waals surface area contributed by atoms with Crippen molar-refractivity contribution in [1.82, 2.24) is 4.90 Å². The second-order valence-electron chi connectivity index (χ2n) is 6.21. The Bertz CT molecular complexity index is 714. The Hall–Kier alpha value is -1.04. The lowest BCUT2D eigenvalue weighted by Crippen LogP contribution is -2.45. The van der Waals surface area contributed by atoms with Crippen molar-refractivity contribution in [2.75, 3.05) is 13.1 Å². The minimum atomic E-state index is -0.0184. The number of furan rings is 1. The fourth-order valence-corrected chi connectivity index (χ4v) is 3.53. The average Bonchev–Trinajstić information content (AvgIpc) is 2.83. The SMILES string of the molecule is Cc1c(C(=O)N2CCCC(C(C)N)C2)oc2ccc(Br)cc12.Cl. The second-order valence-corrected chi connectivity index (χ2v) is 7.12. The summed E-state index contributed by atoms with van der Waals surface area (Å²) in [4.78, 5) is 14.7. The molecule has 1 aromatic carbocycles. The van der Waals surface area contributed by atoms with E-state index in [1.165, 1.54) is 0 Å². The van der Waals surface area contributed by atoms with E-state index in [2.05, 4.69) is 15.9 Å². The van der Waals surface area contributed by atoms with Crippen LogP contribution < -0.4 is 5.73 Å². The Balaban J connectivity index is 0.00000192. The van der Waals surface area contributed by atoms with Gasteiger partial charge in [0.15, 0.2) is 5.76 Å². The maximum absolute atomic E-state index is 12.8. The number of benzene rings is 1. The predicted octanol–water partition coefficient (Wildman–Crippen LogP) is 4.12. The van der Waals surface area contributed by atoms with Crippen LogP contribution in [0, 0.1) is 12.8 Å². The standard InChI is InChI=1S/C17H21BrN2O2.ClH/c1-10-14-8-13(18)5-6-15(14)22-16(10)17(21)20-7-3-4-12(9-20)11(2)19;/h5-6,8,11-12H,3-4,7,9,19H2,1-2H3;1H. The number of carbonyl (C=O) groups is 1. The molecule has 1 aliphatic rings. The normalized spacial score (nSPS) is 19.5. The molecule has 0 saturated carbocycles. The maximum atomic E-state index is 12.8. The van der Waals surface area contributed by atoms with E-state index in [1.807, 2.05) is 36.9 Å². The molecule has 23 heavy (non-hydrogen) atoms. The monoisotopic (exact) mass is 400 g/mol. The van der Waals surface area contributed by atoms with E-state index < -0.39 is 0 Å². The number of carbonyl (C=O) groups excluding carboxylic acids is 1. The highest BCUT2D eigenvalue weighted by Gasteiger charge is 2.29. The van der Waals surface area contributed by atoms with Crippen molar-refractivity contribution in [2.45, 2.75) is 32.7 Å². The van der Waals surface area contributed by atoms with Gasteiger partial charge in [-0.05, 0) is 50.8 Å². The molecule has 2 unspecified atom stereocenters. The summed E-state index contributed by atoms with van der Waals surface area (Å²) in [6, 6.07) is 5.92. The third kappa shape index (κ3) is 3.57. The second kappa shape index (κ2) is 7.24. The summed E-state index contributed by atoms with van der Waals surface area (Å²) in [7, 11) is 0. The number of piperidine rings is 1. The van der Waals surface area contributed by atoms with Gasteiger partial charge in [-0.25, -0.2) is 0 Å². The van der Waals surface area contributed by atoms with E-state index in [-0.39, 0.29) is 24.4 Å². The van der Waals surface area contributed by atoms with Crippen LogP contribution in [0.15, 0.2) is 27.1 Å². The first-order valence-electron chi connectivity index (χ1n) is 7.71. The van der Waals surface area contributed by atoms with E-state index >= 15 is 0 Å². The molecule has 1 aromatic heterocycles. The summed E-state index contributed by atoms with van der Waals surface area (Å²) in [6.07, 6.45) is 2.09. The van der Waals surface area contributed by atoms with Crippen LogP contribution in [0.5, 0.6) is 0 Å². The maximum Gasteiger partial charge on any atom is 0.289 e. The molecule has 126 valence electrons. The van der Waals surface area contributed by atoms with E-state index in [0.29, 0.717) is 11.7 Å². The number of fused-ring (bicyclic) bond motifs is 1. The third-order valence-electron chi connectivity index (χ3n) is 4.58. The average molecular weight is 402 g/mol. The molecule has 0 spiro atoms. The summed E-state index contributed by atoms with van der Waals surface area (Å²) in [5, 5.41) is 0.985. The van der Waals surface area contributed by atoms with Crippen LogP contribution in [-0.2, 0) is 0 Å². The molecule has 2 heterocycles. The first-order valence-corrected chi connectivity index (χ1v) is 8.50. The number of hydrogen-bond acceptors (Lipinski definition) is 3. The molecule has 0 radical (unpaired) electrons. The molecule has 2 atom stereocenters. The summed E-state index contributed by atoms with van der Waals surface area (Å²) < 4.78 is 6.81. The quantitative estimate of drug-likeness (QED) is 0.823. The summed E-state index contributed by atoms with van der Waals surface area (Å²) in [5.41, 5.74) is 7.67. The Kier molecular flexibility index (Phi) is 5.76. The lowest BCUT2D eigenvalue weighted by atomic mass is 9.92. The minimum Gasteiger partial charge on any atom is -0.451 e. The van der Waals surface area contributed by atoms with Gasteiger partial charge in [-0.3, -0.25) is 4.79 Å². The minimum absolute atomic E-state index is 0. The van der Waals surface area contributed by atoms with Crippen LogP contribution in [0.4, 0.5) is 0 Å². The Morgan fingerprint density at radius 3 is 2.91 bits per heavy atom. The van der Waals surface area contributed by atoms with Crippen LogP contribution in [0.3, 0.4) is 0 Å². The topological polar surface area (TPSA) is 59.5 Å². The van der Waals surface area contributed by atoms with E-state index in [4.69, 9.17) is 10.2 Å². The van der Waals surface area contributed by atoms with Gasteiger partial charge in [0.25, 0.3) is 5.91 Å². The molecule has 3 rings (SSSR count). The van der Waals surface area contributed by atoms with E-state index in [9.17, 15) is 4.79 Å². The van der Waals surface area contributed by atoms with Crippen molar-refractivity contribution >= 4 is 45.2 Å². The van der Waals surface area contributed by atoms with Crippen LogP contribution in [-0.4, -0.2) is 29.9 Å². The van der Waals surface area contributed by atoms with Gasteiger partial charge >= 0.3 is 0 Å². The molecule has 4 nitrogen and oxygen atoms in total. The number of rotatable bonds is 2. The largest absolute Gasteiger partial charge is 0.451 e. The molecule has 1 amide bonds. The molecule has 0 aliphatic carbocycles. The number of halogens is 2. The molecule has 6 heteroatoms. The third-order valence-corrected chi connectivity index (χ3v) is 5.07. The van der Waals surface area contributed by atoms with Crippen LogP contribution in [0.25, 0.3) is 11.0 Å². The number of likely N-dealkylation sites (tertiary alicyclic amines) is 1. The van der Waals surface area contributed by atoms with Crippen molar-refractivity contribution in [3.8, 4) is 0 Å². The van der Waals surface area contributed by atoms with Crippen molar-refractivity contribution in [1.29, 1.82) is 0 Å². The summed E-state index contributed by atoms with van der Waals surface area (Å²) in [6.45, 7) is 5.46. The molecule has 0 bridgehead atoms. The summed E-state index contributed by atoms with van der Waals surface area (Å²) >= 11 is 3.46. The number of hydrogen-bond donors (Lipinski definition) is 1. The zero-order valence-corrected chi connectivity index (χ0v) is 15.7. The van der Waals surface area contributed by atoms with E-state index in [0.717, 1.165) is 46.9 Å². The highest BCUT2D eigenvalue weighted by molar-refractivity contribution is 9.10. The molecule has 2 aromatic rings. The van der Waals surface area contributed by atoms with Crippen molar-refractivity contribution in [3.05, 3.63) is 34.0 Å². The van der Waals surface area contributed by atoms with Crippen LogP contribution in [0.1, 0.15) is 35.9 Å². The fraction of sp³-hybridized carbons (Fsp3) is 0.471. The molecule has 1 saturated heterocycles. The number of amides is 1. The Labute approximate surface area is 150 Å². The van der Waals surface area contributed by atoms with Gasteiger partial charge in [0.1, 0.15) is 5.58 Å². The molecule has 2 N–H and O–H groups in total.